The lowest BCUT2D eigenvalue weighted by molar-refractivity contribution is -0.202. The zero-order chi connectivity index (χ0) is 29.7. The van der Waals surface area contributed by atoms with Gasteiger partial charge in [0.15, 0.2) is 0 Å². The number of alkyl halides is 3. The highest BCUT2D eigenvalue weighted by Gasteiger charge is 2.42. The highest BCUT2D eigenvalue weighted by Crippen LogP contribution is 2.33. The van der Waals surface area contributed by atoms with Crippen LogP contribution >= 0.6 is 0 Å². The molecule has 4 amide bonds. The van der Waals surface area contributed by atoms with Crippen molar-refractivity contribution in [1.29, 1.82) is 0 Å². The average molecular weight is 583 g/mol. The summed E-state index contributed by atoms with van der Waals surface area (Å²) in [6, 6.07) is 4.35. The predicted molar refractivity (Wildman–Crippen MR) is 138 cm³/mol. The van der Waals surface area contributed by atoms with Crippen LogP contribution in [0.5, 0.6) is 5.75 Å². The number of esters is 2. The quantitative estimate of drug-likeness (QED) is 0.385. The Labute approximate surface area is 234 Å². The fourth-order valence-corrected chi connectivity index (χ4v) is 5.61. The molecule has 0 radical (unpaired) electrons. The first-order valence-corrected chi connectivity index (χ1v) is 13.6. The molecular weight excluding hydrogens is 549 g/mol. The van der Waals surface area contributed by atoms with Gasteiger partial charge in [-0.2, -0.15) is 13.2 Å². The molecule has 3 fully saturated rings. The van der Waals surface area contributed by atoms with E-state index in [4.69, 9.17) is 4.74 Å². The minimum atomic E-state index is -5.20. The van der Waals surface area contributed by atoms with E-state index >= 15 is 0 Å². The third-order valence-corrected chi connectivity index (χ3v) is 7.84. The first-order chi connectivity index (χ1) is 19.4. The predicted octanol–water partition coefficient (Wildman–Crippen LogP) is 2.73. The van der Waals surface area contributed by atoms with E-state index < -0.39 is 24.1 Å². The third kappa shape index (κ3) is 7.75. The van der Waals surface area contributed by atoms with Crippen LogP contribution in [-0.2, 0) is 19.1 Å². The Morgan fingerprint density at radius 3 is 2.20 bits per heavy atom. The monoisotopic (exact) mass is 582 g/mol. The molecule has 0 unspecified atom stereocenters. The van der Waals surface area contributed by atoms with Gasteiger partial charge in [-0.05, 0) is 75.2 Å². The van der Waals surface area contributed by atoms with Crippen LogP contribution in [0.2, 0.25) is 0 Å². The second kappa shape index (κ2) is 12.9. The molecule has 0 aromatic heterocycles. The van der Waals surface area contributed by atoms with Gasteiger partial charge >= 0.3 is 24.1 Å². The average Bonchev–Trinajstić information content (AvgIpc) is 2.93. The lowest BCUT2D eigenvalue weighted by atomic mass is 9.82. The van der Waals surface area contributed by atoms with Crippen molar-refractivity contribution in [3.8, 4) is 5.75 Å². The maximum Gasteiger partial charge on any atom is 0.491 e. The van der Waals surface area contributed by atoms with Gasteiger partial charge in [-0.3, -0.25) is 29.5 Å². The number of hydrogen-bond donors (Lipinski definition) is 1. The molecule has 1 N–H and O–H groups in total. The third-order valence-electron chi connectivity index (χ3n) is 7.84. The Hall–Kier alpha value is -3.68. The van der Waals surface area contributed by atoms with Gasteiger partial charge in [0.25, 0.3) is 5.91 Å². The molecule has 3 aliphatic heterocycles. The normalized spacial score (nSPS) is 19.6. The van der Waals surface area contributed by atoms with Crippen LogP contribution < -0.4 is 15.0 Å². The fourth-order valence-electron chi connectivity index (χ4n) is 5.61. The zero-order valence-electron chi connectivity index (χ0n) is 22.7. The smallest absolute Gasteiger partial charge is 0.491 e. The lowest BCUT2D eigenvalue weighted by Gasteiger charge is -2.36. The second-order valence-electron chi connectivity index (χ2n) is 10.6. The number of urea groups is 1. The SMILES string of the molecule is COc1ccc(C(=O)N2CCC(CC3CCN(CC(=O)OC(=O)C(F)(F)F)CC3)CC2)cc1N1CCC(=O)NC1=O. The van der Waals surface area contributed by atoms with Crippen molar-refractivity contribution < 1.29 is 46.6 Å². The van der Waals surface area contributed by atoms with E-state index in [-0.39, 0.29) is 31.3 Å². The molecule has 1 aromatic rings. The van der Waals surface area contributed by atoms with Gasteiger partial charge in [-0.15, -0.1) is 0 Å². The van der Waals surface area contributed by atoms with E-state index in [9.17, 15) is 37.1 Å². The zero-order valence-corrected chi connectivity index (χ0v) is 22.7. The molecule has 3 aliphatic rings. The van der Waals surface area contributed by atoms with Crippen LogP contribution in [-0.4, -0.2) is 92.1 Å². The number of nitrogens with zero attached hydrogens (tertiary/aromatic N) is 3. The van der Waals surface area contributed by atoms with Gasteiger partial charge in [0, 0.05) is 31.6 Å². The topological polar surface area (TPSA) is 126 Å². The van der Waals surface area contributed by atoms with Crippen LogP contribution in [0.25, 0.3) is 0 Å². The number of hydrogen-bond acceptors (Lipinski definition) is 8. The van der Waals surface area contributed by atoms with Crippen LogP contribution in [0.3, 0.4) is 0 Å². The van der Waals surface area contributed by atoms with Gasteiger partial charge < -0.3 is 14.4 Å². The number of carbonyl (C=O) groups is 5. The number of anilines is 1. The van der Waals surface area contributed by atoms with Crippen LogP contribution in [0.15, 0.2) is 18.2 Å². The standard InChI is InChI=1S/C27H33F3N4O7/c1-40-21-3-2-19(15-20(21)34-13-8-22(35)31-26(34)39)24(37)33-11-6-18(7-12-33)14-17-4-9-32(10-5-17)16-23(36)41-25(38)27(28,29)30/h2-3,15,17-18H,4-14,16H2,1H3,(H,31,35,39). The van der Waals surface area contributed by atoms with Crippen LogP contribution in [0.4, 0.5) is 23.7 Å². The number of imide groups is 1. The Kier molecular flexibility index (Phi) is 9.51. The highest BCUT2D eigenvalue weighted by atomic mass is 19.4. The number of rotatable bonds is 7. The molecule has 224 valence electrons. The lowest BCUT2D eigenvalue weighted by Crippen LogP contribution is -2.49. The Bertz CT molecular complexity index is 1180. The molecule has 0 aliphatic carbocycles. The summed E-state index contributed by atoms with van der Waals surface area (Å²) in [7, 11) is 1.47. The molecule has 3 heterocycles. The van der Waals surface area contributed by atoms with Crippen molar-refractivity contribution in [3.05, 3.63) is 23.8 Å². The van der Waals surface area contributed by atoms with E-state index in [1.54, 1.807) is 28.0 Å². The van der Waals surface area contributed by atoms with E-state index in [2.05, 4.69) is 10.1 Å². The summed E-state index contributed by atoms with van der Waals surface area (Å²) >= 11 is 0. The molecule has 11 nitrogen and oxygen atoms in total. The first-order valence-electron chi connectivity index (χ1n) is 13.6. The van der Waals surface area contributed by atoms with E-state index in [1.165, 1.54) is 12.0 Å². The maximum atomic E-state index is 13.3. The summed E-state index contributed by atoms with van der Waals surface area (Å²) in [6.45, 7) is 2.05. The van der Waals surface area contributed by atoms with E-state index in [1.807, 2.05) is 0 Å². The van der Waals surface area contributed by atoms with Crippen molar-refractivity contribution in [2.75, 3.05) is 51.3 Å². The summed E-state index contributed by atoms with van der Waals surface area (Å²) in [6.07, 6.45) is -0.866. The van der Waals surface area contributed by atoms with Crippen molar-refractivity contribution >= 4 is 35.5 Å². The number of ether oxygens (including phenoxy) is 2. The Morgan fingerprint density at radius 1 is 0.976 bits per heavy atom. The van der Waals surface area contributed by atoms with Crippen molar-refractivity contribution in [2.45, 2.75) is 44.7 Å². The molecule has 0 atom stereocenters. The number of nitrogens with one attached hydrogen (secondary N) is 1. The fraction of sp³-hybridized carbons (Fsp3) is 0.593. The van der Waals surface area contributed by atoms with Crippen molar-refractivity contribution in [1.82, 2.24) is 15.1 Å². The number of methoxy groups -OCH3 is 1. The van der Waals surface area contributed by atoms with Gasteiger partial charge in [-0.1, -0.05) is 0 Å². The van der Waals surface area contributed by atoms with Gasteiger partial charge in [0.2, 0.25) is 5.91 Å². The maximum absolute atomic E-state index is 13.3. The number of benzene rings is 1. The summed E-state index contributed by atoms with van der Waals surface area (Å²) in [5.74, 6) is -2.97. The molecule has 4 rings (SSSR count). The molecule has 3 saturated heterocycles. The number of amides is 4. The van der Waals surface area contributed by atoms with Gasteiger partial charge in [0.1, 0.15) is 5.75 Å². The second-order valence-corrected chi connectivity index (χ2v) is 10.6. The summed E-state index contributed by atoms with van der Waals surface area (Å²) in [5.41, 5.74) is 0.844. The molecule has 0 saturated carbocycles. The number of carbonyl (C=O) groups excluding carboxylic acids is 5. The number of piperidine rings is 2. The molecule has 1 aromatic carbocycles. The van der Waals surface area contributed by atoms with Crippen molar-refractivity contribution in [3.63, 3.8) is 0 Å². The molecule has 0 bridgehead atoms. The van der Waals surface area contributed by atoms with E-state index in [0.717, 1.165) is 32.1 Å². The first kappa shape index (κ1) is 30.3. The molecule has 14 heteroatoms. The number of likely N-dealkylation sites (tertiary alicyclic amines) is 2. The summed E-state index contributed by atoms with van der Waals surface area (Å²) in [4.78, 5) is 64.5. The van der Waals surface area contributed by atoms with Crippen LogP contribution in [0, 0.1) is 11.8 Å². The minimum absolute atomic E-state index is 0.148. The molecular formula is C27H33F3N4O7. The van der Waals surface area contributed by atoms with Crippen molar-refractivity contribution in [2.24, 2.45) is 11.8 Å². The summed E-state index contributed by atoms with van der Waals surface area (Å²) in [5, 5.41) is 2.28. The number of halogens is 3. The minimum Gasteiger partial charge on any atom is -0.495 e. The van der Waals surface area contributed by atoms with Gasteiger partial charge in [0.05, 0.1) is 19.3 Å². The van der Waals surface area contributed by atoms with Crippen LogP contribution in [0.1, 0.15) is 48.9 Å². The van der Waals surface area contributed by atoms with E-state index in [0.29, 0.717) is 55.0 Å². The Morgan fingerprint density at radius 2 is 1.61 bits per heavy atom. The molecule has 41 heavy (non-hydrogen) atoms. The van der Waals surface area contributed by atoms with Gasteiger partial charge in [-0.25, -0.2) is 9.59 Å². The summed E-state index contributed by atoms with van der Waals surface area (Å²) < 4.78 is 46.0. The molecule has 0 spiro atoms. The Balaban J connectivity index is 1.23. The highest BCUT2D eigenvalue weighted by molar-refractivity contribution is 6.07. The largest absolute Gasteiger partial charge is 0.495 e.